The lowest BCUT2D eigenvalue weighted by Crippen LogP contribution is -2.56. The van der Waals surface area contributed by atoms with E-state index in [2.05, 4.69) is 32.4 Å². The van der Waals surface area contributed by atoms with Crippen LogP contribution in [0.2, 0.25) is 0 Å². The summed E-state index contributed by atoms with van der Waals surface area (Å²) in [6.07, 6.45) is 15.5. The molecule has 4 heteroatoms. The van der Waals surface area contributed by atoms with Gasteiger partial charge in [-0.1, -0.05) is 25.7 Å². The number of hydrogen-bond donors (Lipinski definition) is 1. The zero-order chi connectivity index (χ0) is 14.1. The first kappa shape index (κ1) is 13.6. The van der Waals surface area contributed by atoms with Crippen LogP contribution in [0.25, 0.3) is 0 Å². The lowest BCUT2D eigenvalue weighted by atomic mass is 9.73. The average molecular weight is 288 g/mol. The van der Waals surface area contributed by atoms with Gasteiger partial charge in [0.1, 0.15) is 0 Å². The standard InChI is InChI=1S/C17H28N4/c1-2-4-8-17(7-3-1)13-20(14-17)16-11-19-21(12-16)15-5-9-18-10-6-15/h11-12,15,18H,1-10,13-14H2. The maximum absolute atomic E-state index is 4.64. The van der Waals surface area contributed by atoms with E-state index in [9.17, 15) is 0 Å². The van der Waals surface area contributed by atoms with Crippen LogP contribution in [-0.4, -0.2) is 36.0 Å². The SMILES string of the molecule is c1nn(C2CCNCC2)cc1N1CC2(CCCCCC2)C1. The van der Waals surface area contributed by atoms with E-state index in [0.29, 0.717) is 11.5 Å². The van der Waals surface area contributed by atoms with Crippen molar-refractivity contribution in [2.75, 3.05) is 31.1 Å². The van der Waals surface area contributed by atoms with Gasteiger partial charge in [0.2, 0.25) is 0 Å². The molecule has 0 amide bonds. The minimum atomic E-state index is 0.605. The highest BCUT2D eigenvalue weighted by Gasteiger charge is 2.43. The van der Waals surface area contributed by atoms with E-state index >= 15 is 0 Å². The first-order valence-electron chi connectivity index (χ1n) is 8.85. The van der Waals surface area contributed by atoms with E-state index in [0.717, 1.165) is 13.1 Å². The van der Waals surface area contributed by atoms with E-state index in [4.69, 9.17) is 0 Å². The summed E-state index contributed by atoms with van der Waals surface area (Å²) in [7, 11) is 0. The van der Waals surface area contributed by atoms with Gasteiger partial charge in [-0.3, -0.25) is 4.68 Å². The first-order chi connectivity index (χ1) is 10.3. The minimum Gasteiger partial charge on any atom is -0.368 e. The lowest BCUT2D eigenvalue weighted by Gasteiger charge is -2.51. The molecular formula is C17H28N4. The van der Waals surface area contributed by atoms with E-state index in [1.165, 1.54) is 70.1 Å². The highest BCUT2D eigenvalue weighted by Crippen LogP contribution is 2.44. The average Bonchev–Trinajstić information content (AvgIpc) is 2.84. The molecule has 0 aromatic carbocycles. The van der Waals surface area contributed by atoms with Gasteiger partial charge in [0, 0.05) is 24.7 Å². The van der Waals surface area contributed by atoms with Gasteiger partial charge in [0.05, 0.1) is 17.9 Å². The molecule has 1 spiro atoms. The van der Waals surface area contributed by atoms with Crippen molar-refractivity contribution in [1.82, 2.24) is 15.1 Å². The molecule has 1 aromatic rings. The lowest BCUT2D eigenvalue weighted by molar-refractivity contribution is 0.180. The number of hydrogen-bond acceptors (Lipinski definition) is 3. The van der Waals surface area contributed by atoms with Crippen molar-refractivity contribution in [2.24, 2.45) is 5.41 Å². The second kappa shape index (κ2) is 5.64. The summed E-state index contributed by atoms with van der Waals surface area (Å²) in [4.78, 5) is 2.55. The second-order valence-corrected chi connectivity index (χ2v) is 7.43. The summed E-state index contributed by atoms with van der Waals surface area (Å²) in [5.41, 5.74) is 2.00. The minimum absolute atomic E-state index is 0.605. The van der Waals surface area contributed by atoms with Gasteiger partial charge in [-0.25, -0.2) is 0 Å². The summed E-state index contributed by atoms with van der Waals surface area (Å²) in [6.45, 7) is 4.80. The van der Waals surface area contributed by atoms with Gasteiger partial charge in [0.25, 0.3) is 0 Å². The molecule has 21 heavy (non-hydrogen) atoms. The monoisotopic (exact) mass is 288 g/mol. The maximum Gasteiger partial charge on any atom is 0.0753 e. The third-order valence-electron chi connectivity index (χ3n) is 5.85. The van der Waals surface area contributed by atoms with Crippen molar-refractivity contribution in [3.05, 3.63) is 12.4 Å². The third kappa shape index (κ3) is 2.70. The second-order valence-electron chi connectivity index (χ2n) is 7.43. The highest BCUT2D eigenvalue weighted by atomic mass is 15.3. The number of nitrogens with zero attached hydrogens (tertiary/aromatic N) is 3. The van der Waals surface area contributed by atoms with Crippen LogP contribution in [0, 0.1) is 5.41 Å². The van der Waals surface area contributed by atoms with E-state index in [1.54, 1.807) is 0 Å². The zero-order valence-electron chi connectivity index (χ0n) is 13.1. The molecule has 4 rings (SSSR count). The predicted molar refractivity (Wildman–Crippen MR) is 85.7 cm³/mol. The Morgan fingerprint density at radius 2 is 1.76 bits per heavy atom. The Balaban J connectivity index is 1.38. The molecule has 1 aromatic heterocycles. The molecule has 116 valence electrons. The fourth-order valence-electron chi connectivity index (χ4n) is 4.50. The van der Waals surface area contributed by atoms with Gasteiger partial charge in [-0.05, 0) is 38.8 Å². The fraction of sp³-hybridized carbons (Fsp3) is 0.824. The molecule has 1 saturated carbocycles. The van der Waals surface area contributed by atoms with Crippen molar-refractivity contribution in [2.45, 2.75) is 57.4 Å². The van der Waals surface area contributed by atoms with Crippen molar-refractivity contribution in [3.63, 3.8) is 0 Å². The quantitative estimate of drug-likeness (QED) is 0.908. The molecule has 1 aliphatic carbocycles. The molecule has 3 fully saturated rings. The van der Waals surface area contributed by atoms with Crippen LogP contribution in [-0.2, 0) is 0 Å². The Labute approximate surface area is 127 Å². The Morgan fingerprint density at radius 3 is 2.48 bits per heavy atom. The molecule has 0 atom stereocenters. The van der Waals surface area contributed by atoms with E-state index in [1.807, 2.05) is 0 Å². The summed E-state index contributed by atoms with van der Waals surface area (Å²) >= 11 is 0. The van der Waals surface area contributed by atoms with Crippen LogP contribution in [0.4, 0.5) is 5.69 Å². The molecule has 3 aliphatic rings. The van der Waals surface area contributed by atoms with Crippen molar-refractivity contribution < 1.29 is 0 Å². The summed E-state index contributed by atoms with van der Waals surface area (Å²) in [5.74, 6) is 0. The number of anilines is 1. The van der Waals surface area contributed by atoms with Crippen LogP contribution in [0.1, 0.15) is 57.4 Å². The Morgan fingerprint density at radius 1 is 1.05 bits per heavy atom. The molecule has 2 aliphatic heterocycles. The van der Waals surface area contributed by atoms with E-state index in [-0.39, 0.29) is 0 Å². The van der Waals surface area contributed by atoms with Gasteiger partial charge in [-0.2, -0.15) is 5.10 Å². The van der Waals surface area contributed by atoms with Gasteiger partial charge in [0.15, 0.2) is 0 Å². The summed E-state index contributed by atoms with van der Waals surface area (Å²) in [5, 5.41) is 8.07. The number of aromatic nitrogens is 2. The third-order valence-corrected chi connectivity index (χ3v) is 5.85. The van der Waals surface area contributed by atoms with Crippen LogP contribution < -0.4 is 10.2 Å². The van der Waals surface area contributed by atoms with Gasteiger partial charge < -0.3 is 10.2 Å². The molecule has 0 bridgehead atoms. The maximum atomic E-state index is 4.64. The van der Waals surface area contributed by atoms with Crippen LogP contribution in [0.3, 0.4) is 0 Å². The topological polar surface area (TPSA) is 33.1 Å². The zero-order valence-corrected chi connectivity index (χ0v) is 13.1. The molecule has 1 N–H and O–H groups in total. The number of piperidine rings is 1. The van der Waals surface area contributed by atoms with Crippen molar-refractivity contribution in [3.8, 4) is 0 Å². The number of nitrogens with one attached hydrogen (secondary N) is 1. The molecule has 3 heterocycles. The number of rotatable bonds is 2. The molecule has 0 radical (unpaired) electrons. The molecule has 4 nitrogen and oxygen atoms in total. The predicted octanol–water partition coefficient (Wildman–Crippen LogP) is 2.97. The highest BCUT2D eigenvalue weighted by molar-refractivity contribution is 5.46. The van der Waals surface area contributed by atoms with E-state index < -0.39 is 0 Å². The normalized spacial score (nSPS) is 26.6. The van der Waals surface area contributed by atoms with Crippen LogP contribution in [0.15, 0.2) is 12.4 Å². The van der Waals surface area contributed by atoms with Crippen LogP contribution in [0.5, 0.6) is 0 Å². The van der Waals surface area contributed by atoms with Crippen molar-refractivity contribution >= 4 is 5.69 Å². The smallest absolute Gasteiger partial charge is 0.0753 e. The van der Waals surface area contributed by atoms with Gasteiger partial charge >= 0.3 is 0 Å². The largest absolute Gasteiger partial charge is 0.368 e. The fourth-order valence-corrected chi connectivity index (χ4v) is 4.50. The summed E-state index contributed by atoms with van der Waals surface area (Å²) < 4.78 is 2.22. The molecule has 2 saturated heterocycles. The summed E-state index contributed by atoms with van der Waals surface area (Å²) in [6, 6.07) is 0.605. The molecular weight excluding hydrogens is 260 g/mol. The van der Waals surface area contributed by atoms with Crippen molar-refractivity contribution in [1.29, 1.82) is 0 Å². The Bertz CT molecular complexity index is 459. The molecule has 0 unspecified atom stereocenters. The Hall–Kier alpha value is -1.03. The Kier molecular flexibility index (Phi) is 3.66. The van der Waals surface area contributed by atoms with Gasteiger partial charge in [-0.15, -0.1) is 0 Å². The van der Waals surface area contributed by atoms with Crippen LogP contribution >= 0.6 is 0 Å². The first-order valence-corrected chi connectivity index (χ1v) is 8.85.